The number of carbonyl (C=O) groups is 1. The van der Waals surface area contributed by atoms with E-state index in [0.29, 0.717) is 6.42 Å². The van der Waals surface area contributed by atoms with Gasteiger partial charge in [0.25, 0.3) is 0 Å². The molecular formula is C7H14NO. The molecule has 0 amide bonds. The molecule has 0 rings (SSSR count). The molecular weight excluding hydrogens is 114 g/mol. The molecule has 1 atom stereocenters. The molecule has 1 unspecified atom stereocenters. The minimum atomic E-state index is 0.0595. The predicted molar refractivity (Wildman–Crippen MR) is 37.9 cm³/mol. The maximum Gasteiger partial charge on any atom is 0.121 e. The molecule has 0 aliphatic heterocycles. The SMILES string of the molecule is [CH2]CCCC(N)CC=O. The van der Waals surface area contributed by atoms with Crippen LogP contribution in [0, 0.1) is 6.92 Å². The highest BCUT2D eigenvalue weighted by Crippen LogP contribution is 1.98. The van der Waals surface area contributed by atoms with Gasteiger partial charge in [-0.05, 0) is 6.42 Å². The normalized spacial score (nSPS) is 13.1. The fourth-order valence-corrected chi connectivity index (χ4v) is 0.648. The van der Waals surface area contributed by atoms with Gasteiger partial charge in [0, 0.05) is 12.5 Å². The summed E-state index contributed by atoms with van der Waals surface area (Å²) in [6.07, 6.45) is 4.21. The van der Waals surface area contributed by atoms with E-state index >= 15 is 0 Å². The minimum Gasteiger partial charge on any atom is -0.327 e. The smallest absolute Gasteiger partial charge is 0.121 e. The van der Waals surface area contributed by atoms with Crippen molar-refractivity contribution in [1.29, 1.82) is 0 Å². The van der Waals surface area contributed by atoms with Crippen molar-refractivity contribution in [3.05, 3.63) is 6.92 Å². The van der Waals surface area contributed by atoms with Gasteiger partial charge in [-0.3, -0.25) is 0 Å². The van der Waals surface area contributed by atoms with Crippen LogP contribution in [0.15, 0.2) is 0 Å². The average Bonchev–Trinajstić information content (AvgIpc) is 1.85. The maximum absolute atomic E-state index is 9.88. The topological polar surface area (TPSA) is 43.1 Å². The first-order valence-electron chi connectivity index (χ1n) is 3.29. The molecule has 0 aromatic rings. The van der Waals surface area contributed by atoms with Crippen molar-refractivity contribution in [3.8, 4) is 0 Å². The van der Waals surface area contributed by atoms with Crippen molar-refractivity contribution in [2.24, 2.45) is 5.73 Å². The van der Waals surface area contributed by atoms with Gasteiger partial charge in [0.2, 0.25) is 0 Å². The molecule has 2 heteroatoms. The lowest BCUT2D eigenvalue weighted by atomic mass is 10.1. The molecule has 0 aromatic heterocycles. The van der Waals surface area contributed by atoms with E-state index in [-0.39, 0.29) is 6.04 Å². The van der Waals surface area contributed by atoms with E-state index in [2.05, 4.69) is 6.92 Å². The van der Waals surface area contributed by atoms with E-state index < -0.39 is 0 Å². The number of unbranched alkanes of at least 4 members (excludes halogenated alkanes) is 1. The van der Waals surface area contributed by atoms with Crippen LogP contribution >= 0.6 is 0 Å². The van der Waals surface area contributed by atoms with Crippen LogP contribution in [0.5, 0.6) is 0 Å². The monoisotopic (exact) mass is 128 g/mol. The first kappa shape index (κ1) is 8.63. The molecule has 0 spiro atoms. The lowest BCUT2D eigenvalue weighted by Crippen LogP contribution is -2.19. The van der Waals surface area contributed by atoms with Crippen LogP contribution < -0.4 is 5.73 Å². The molecule has 0 saturated heterocycles. The second-order valence-corrected chi connectivity index (χ2v) is 2.16. The number of nitrogens with two attached hydrogens (primary N) is 1. The van der Waals surface area contributed by atoms with Crippen LogP contribution in [-0.2, 0) is 4.79 Å². The summed E-state index contributed by atoms with van der Waals surface area (Å²) in [5.74, 6) is 0. The molecule has 0 aliphatic carbocycles. The Kier molecular flexibility index (Phi) is 5.52. The summed E-state index contributed by atoms with van der Waals surface area (Å²) in [6, 6.07) is 0.0595. The molecule has 0 saturated carbocycles. The third-order valence-corrected chi connectivity index (χ3v) is 1.22. The Morgan fingerprint density at radius 2 is 2.33 bits per heavy atom. The fourth-order valence-electron chi connectivity index (χ4n) is 0.648. The summed E-state index contributed by atoms with van der Waals surface area (Å²) in [5.41, 5.74) is 5.51. The standard InChI is InChI=1S/C7H14NO/c1-2-3-4-7(8)5-6-9/h6-7H,1-5,8H2. The summed E-state index contributed by atoms with van der Waals surface area (Å²) < 4.78 is 0. The molecule has 0 bridgehead atoms. The second kappa shape index (κ2) is 5.76. The Labute approximate surface area is 56.4 Å². The third-order valence-electron chi connectivity index (χ3n) is 1.22. The van der Waals surface area contributed by atoms with Crippen LogP contribution in [0.1, 0.15) is 25.7 Å². The maximum atomic E-state index is 9.88. The highest BCUT2D eigenvalue weighted by atomic mass is 16.1. The van der Waals surface area contributed by atoms with Crippen LogP contribution in [0.25, 0.3) is 0 Å². The number of hydrogen-bond acceptors (Lipinski definition) is 2. The van der Waals surface area contributed by atoms with Crippen molar-refractivity contribution < 1.29 is 4.79 Å². The van der Waals surface area contributed by atoms with Gasteiger partial charge >= 0.3 is 0 Å². The summed E-state index contributed by atoms with van der Waals surface area (Å²) in [5, 5.41) is 0. The first-order valence-corrected chi connectivity index (χ1v) is 3.29. The fraction of sp³-hybridized carbons (Fsp3) is 0.714. The van der Waals surface area contributed by atoms with E-state index in [1.165, 1.54) is 0 Å². The quantitative estimate of drug-likeness (QED) is 0.559. The molecule has 2 N–H and O–H groups in total. The number of aldehydes is 1. The second-order valence-electron chi connectivity index (χ2n) is 2.16. The zero-order valence-electron chi connectivity index (χ0n) is 5.68. The van der Waals surface area contributed by atoms with E-state index in [4.69, 9.17) is 5.73 Å². The van der Waals surface area contributed by atoms with Gasteiger partial charge in [0.1, 0.15) is 6.29 Å². The third kappa shape index (κ3) is 5.50. The van der Waals surface area contributed by atoms with Crippen molar-refractivity contribution >= 4 is 6.29 Å². The van der Waals surface area contributed by atoms with Gasteiger partial charge in [0.15, 0.2) is 0 Å². The van der Waals surface area contributed by atoms with E-state index in [1.54, 1.807) is 0 Å². The molecule has 53 valence electrons. The zero-order chi connectivity index (χ0) is 7.11. The van der Waals surface area contributed by atoms with E-state index in [1.807, 2.05) is 0 Å². The number of carbonyl (C=O) groups excluding carboxylic acids is 1. The summed E-state index contributed by atoms with van der Waals surface area (Å²) in [6.45, 7) is 3.67. The minimum absolute atomic E-state index is 0.0595. The average molecular weight is 128 g/mol. The van der Waals surface area contributed by atoms with Gasteiger partial charge < -0.3 is 10.5 Å². The number of rotatable bonds is 5. The summed E-state index contributed by atoms with van der Waals surface area (Å²) >= 11 is 0. The molecule has 0 heterocycles. The Morgan fingerprint density at radius 3 is 2.78 bits per heavy atom. The Bertz CT molecular complexity index is 73.3. The van der Waals surface area contributed by atoms with Crippen LogP contribution in [-0.4, -0.2) is 12.3 Å². The van der Waals surface area contributed by atoms with Gasteiger partial charge in [-0.2, -0.15) is 0 Å². The van der Waals surface area contributed by atoms with Crippen molar-refractivity contribution in [2.75, 3.05) is 0 Å². The highest BCUT2D eigenvalue weighted by Gasteiger charge is 1.98. The summed E-state index contributed by atoms with van der Waals surface area (Å²) in [4.78, 5) is 9.88. The largest absolute Gasteiger partial charge is 0.327 e. The highest BCUT2D eigenvalue weighted by molar-refractivity contribution is 5.50. The Balaban J connectivity index is 3.04. The molecule has 0 aliphatic rings. The van der Waals surface area contributed by atoms with Gasteiger partial charge in [0.05, 0.1) is 0 Å². The van der Waals surface area contributed by atoms with E-state index in [9.17, 15) is 4.79 Å². The van der Waals surface area contributed by atoms with Crippen LogP contribution in [0.2, 0.25) is 0 Å². The Morgan fingerprint density at radius 1 is 1.67 bits per heavy atom. The first-order chi connectivity index (χ1) is 4.31. The van der Waals surface area contributed by atoms with Gasteiger partial charge in [-0.15, -0.1) is 0 Å². The molecule has 0 fully saturated rings. The van der Waals surface area contributed by atoms with Crippen molar-refractivity contribution in [2.45, 2.75) is 31.7 Å². The Hall–Kier alpha value is -0.370. The van der Waals surface area contributed by atoms with Crippen LogP contribution in [0.3, 0.4) is 0 Å². The predicted octanol–water partition coefficient (Wildman–Crippen LogP) is 0.907. The lowest BCUT2D eigenvalue weighted by Gasteiger charge is -2.04. The zero-order valence-corrected chi connectivity index (χ0v) is 5.68. The summed E-state index contributed by atoms with van der Waals surface area (Å²) in [7, 11) is 0. The molecule has 2 nitrogen and oxygen atoms in total. The van der Waals surface area contributed by atoms with E-state index in [0.717, 1.165) is 25.5 Å². The van der Waals surface area contributed by atoms with Crippen molar-refractivity contribution in [3.63, 3.8) is 0 Å². The van der Waals surface area contributed by atoms with Gasteiger partial charge in [-0.25, -0.2) is 0 Å². The lowest BCUT2D eigenvalue weighted by molar-refractivity contribution is -0.108. The van der Waals surface area contributed by atoms with Gasteiger partial charge in [-0.1, -0.05) is 19.8 Å². The van der Waals surface area contributed by atoms with Crippen LogP contribution in [0.4, 0.5) is 0 Å². The molecule has 1 radical (unpaired) electrons. The van der Waals surface area contributed by atoms with Crippen molar-refractivity contribution in [1.82, 2.24) is 0 Å². The molecule has 0 aromatic carbocycles. The molecule has 9 heavy (non-hydrogen) atoms. The number of hydrogen-bond donors (Lipinski definition) is 1.